The van der Waals surface area contributed by atoms with Crippen molar-refractivity contribution in [3.05, 3.63) is 22.2 Å². The first-order valence-electron chi connectivity index (χ1n) is 6.27. The van der Waals surface area contributed by atoms with Gasteiger partial charge in [-0.05, 0) is 18.4 Å². The van der Waals surface area contributed by atoms with E-state index in [4.69, 9.17) is 21.7 Å². The molecule has 0 bridgehead atoms. The first-order valence-corrected chi connectivity index (χ1v) is 6.68. The number of nitrogens with one attached hydrogen (secondary N) is 1. The van der Waals surface area contributed by atoms with Crippen LogP contribution in [0.25, 0.3) is 0 Å². The number of aromatic amines is 1. The highest BCUT2D eigenvalue weighted by Gasteiger charge is 2.02. The number of ether oxygens (including phenoxy) is 2. The maximum absolute atomic E-state index is 5.42. The summed E-state index contributed by atoms with van der Waals surface area (Å²) in [6, 6.07) is 1.94. The summed E-state index contributed by atoms with van der Waals surface area (Å²) >= 11 is 5.17. The van der Waals surface area contributed by atoms with Crippen LogP contribution >= 0.6 is 12.2 Å². The molecule has 0 fully saturated rings. The molecule has 4 nitrogen and oxygen atoms in total. The van der Waals surface area contributed by atoms with Crippen molar-refractivity contribution in [3.63, 3.8) is 0 Å². The van der Waals surface area contributed by atoms with Gasteiger partial charge >= 0.3 is 0 Å². The van der Waals surface area contributed by atoms with E-state index in [1.807, 2.05) is 6.07 Å². The second-order valence-corrected chi connectivity index (χ2v) is 5.06. The van der Waals surface area contributed by atoms with Crippen LogP contribution in [0.3, 0.4) is 0 Å². The highest BCUT2D eigenvalue weighted by molar-refractivity contribution is 7.71. The van der Waals surface area contributed by atoms with Crippen molar-refractivity contribution >= 4 is 12.2 Å². The zero-order chi connectivity index (χ0) is 13.4. The highest BCUT2D eigenvalue weighted by atomic mass is 32.1. The van der Waals surface area contributed by atoms with Gasteiger partial charge in [0.05, 0.1) is 19.8 Å². The predicted octanol–water partition coefficient (Wildman–Crippen LogP) is 2.54. The Bertz CT molecular complexity index is 404. The van der Waals surface area contributed by atoms with E-state index in [1.165, 1.54) is 0 Å². The van der Waals surface area contributed by atoms with Crippen molar-refractivity contribution in [3.8, 4) is 0 Å². The van der Waals surface area contributed by atoms with E-state index in [9.17, 15) is 0 Å². The van der Waals surface area contributed by atoms with Crippen molar-refractivity contribution in [1.29, 1.82) is 0 Å². The zero-order valence-corrected chi connectivity index (χ0v) is 12.2. The average molecular weight is 270 g/mol. The molecular weight excluding hydrogens is 248 g/mol. The van der Waals surface area contributed by atoms with Gasteiger partial charge in [0.1, 0.15) is 10.5 Å². The molecule has 0 aliphatic carbocycles. The normalized spacial score (nSPS) is 11.1. The molecule has 0 spiro atoms. The van der Waals surface area contributed by atoms with Gasteiger partial charge in [-0.15, -0.1) is 0 Å². The Morgan fingerprint density at radius 1 is 1.33 bits per heavy atom. The summed E-state index contributed by atoms with van der Waals surface area (Å²) in [4.78, 5) is 7.63. The van der Waals surface area contributed by atoms with Gasteiger partial charge in [0.2, 0.25) is 0 Å². The monoisotopic (exact) mass is 270 g/mol. The number of aromatic nitrogens is 2. The first kappa shape index (κ1) is 15.3. The fourth-order valence-corrected chi connectivity index (χ4v) is 1.90. The molecule has 0 saturated heterocycles. The van der Waals surface area contributed by atoms with Crippen LogP contribution in [0.5, 0.6) is 0 Å². The van der Waals surface area contributed by atoms with Gasteiger partial charge in [-0.3, -0.25) is 0 Å². The lowest BCUT2D eigenvalue weighted by Crippen LogP contribution is -2.08. The Balaban J connectivity index is 2.49. The summed E-state index contributed by atoms with van der Waals surface area (Å²) < 4.78 is 11.0. The standard InChI is InChI=1S/C13H22N2O2S/c1-10(2)8-11-9-13(18)15-12(14-11)4-5-17-7-6-16-3/h9-10H,4-8H2,1-3H3,(H,14,15,18). The van der Waals surface area contributed by atoms with Gasteiger partial charge in [0.25, 0.3) is 0 Å². The fraction of sp³-hybridized carbons (Fsp3) is 0.692. The molecule has 0 unspecified atom stereocenters. The number of hydrogen-bond donors (Lipinski definition) is 1. The lowest BCUT2D eigenvalue weighted by Gasteiger charge is -2.08. The number of rotatable bonds is 8. The number of nitrogens with zero attached hydrogens (tertiary/aromatic N) is 1. The molecule has 1 rings (SSSR count). The molecule has 0 aliphatic rings. The van der Waals surface area contributed by atoms with Crippen molar-refractivity contribution in [2.45, 2.75) is 26.7 Å². The summed E-state index contributed by atoms with van der Waals surface area (Å²) in [7, 11) is 1.66. The van der Waals surface area contributed by atoms with Gasteiger partial charge in [-0.1, -0.05) is 26.1 Å². The van der Waals surface area contributed by atoms with Crippen molar-refractivity contribution in [2.75, 3.05) is 26.9 Å². The number of H-pyrrole nitrogens is 1. The topological polar surface area (TPSA) is 47.1 Å². The van der Waals surface area contributed by atoms with Gasteiger partial charge in [-0.2, -0.15) is 0 Å². The van der Waals surface area contributed by atoms with E-state index in [0.717, 1.165) is 24.4 Å². The molecule has 18 heavy (non-hydrogen) atoms. The van der Waals surface area contributed by atoms with Gasteiger partial charge in [0.15, 0.2) is 0 Å². The maximum Gasteiger partial charge on any atom is 0.129 e. The molecule has 102 valence electrons. The van der Waals surface area contributed by atoms with Crippen molar-refractivity contribution in [2.24, 2.45) is 5.92 Å². The van der Waals surface area contributed by atoms with Crippen LogP contribution in [-0.4, -0.2) is 36.9 Å². The molecule has 1 aromatic rings. The molecule has 0 aromatic carbocycles. The predicted molar refractivity (Wildman–Crippen MR) is 74.4 cm³/mol. The van der Waals surface area contributed by atoms with E-state index in [-0.39, 0.29) is 0 Å². The summed E-state index contributed by atoms with van der Waals surface area (Å²) in [5.41, 5.74) is 1.15. The van der Waals surface area contributed by atoms with Crippen LogP contribution in [0.4, 0.5) is 0 Å². The van der Waals surface area contributed by atoms with E-state index >= 15 is 0 Å². The Labute approximate surface area is 114 Å². The first-order chi connectivity index (χ1) is 8.61. The minimum atomic E-state index is 0.601. The highest BCUT2D eigenvalue weighted by Crippen LogP contribution is 2.06. The Morgan fingerprint density at radius 2 is 2.11 bits per heavy atom. The molecule has 1 aromatic heterocycles. The second-order valence-electron chi connectivity index (χ2n) is 4.64. The molecular formula is C13H22N2O2S. The number of hydrogen-bond acceptors (Lipinski definition) is 4. The molecule has 1 heterocycles. The van der Waals surface area contributed by atoms with E-state index in [1.54, 1.807) is 7.11 Å². The van der Waals surface area contributed by atoms with Crippen LogP contribution < -0.4 is 0 Å². The molecule has 0 amide bonds. The van der Waals surface area contributed by atoms with Crippen LogP contribution in [0, 0.1) is 10.6 Å². The average Bonchev–Trinajstić information content (AvgIpc) is 2.27. The van der Waals surface area contributed by atoms with Gasteiger partial charge in [0, 0.05) is 19.2 Å². The summed E-state index contributed by atoms with van der Waals surface area (Å²) in [5.74, 6) is 1.50. The quantitative estimate of drug-likeness (QED) is 0.582. The smallest absolute Gasteiger partial charge is 0.129 e. The minimum absolute atomic E-state index is 0.601. The molecule has 1 N–H and O–H groups in total. The second kappa shape index (κ2) is 8.34. The maximum atomic E-state index is 5.42. The molecule has 0 saturated carbocycles. The Morgan fingerprint density at radius 3 is 2.78 bits per heavy atom. The summed E-state index contributed by atoms with van der Waals surface area (Å²) in [6.07, 6.45) is 1.74. The number of methoxy groups -OCH3 is 1. The van der Waals surface area contributed by atoms with Crippen LogP contribution in [0.2, 0.25) is 0 Å². The van der Waals surface area contributed by atoms with E-state index < -0.39 is 0 Å². The third-order valence-corrected chi connectivity index (χ3v) is 2.60. The molecule has 0 atom stereocenters. The molecule has 5 heteroatoms. The largest absolute Gasteiger partial charge is 0.382 e. The van der Waals surface area contributed by atoms with Crippen LogP contribution in [0.1, 0.15) is 25.4 Å². The third-order valence-electron chi connectivity index (χ3n) is 2.39. The Kier molecular flexibility index (Phi) is 7.08. The SMILES string of the molecule is COCCOCCc1nc(=S)cc(CC(C)C)[nH]1. The third kappa shape index (κ3) is 6.23. The molecule has 0 radical (unpaired) electrons. The van der Waals surface area contributed by atoms with Crippen LogP contribution in [-0.2, 0) is 22.3 Å². The summed E-state index contributed by atoms with van der Waals surface area (Å²) in [5, 5.41) is 0. The van der Waals surface area contributed by atoms with Gasteiger partial charge < -0.3 is 14.5 Å². The van der Waals surface area contributed by atoms with E-state index in [0.29, 0.717) is 30.4 Å². The fourth-order valence-electron chi connectivity index (χ4n) is 1.65. The van der Waals surface area contributed by atoms with E-state index in [2.05, 4.69) is 23.8 Å². The lowest BCUT2D eigenvalue weighted by molar-refractivity contribution is 0.0716. The van der Waals surface area contributed by atoms with Gasteiger partial charge in [-0.25, -0.2) is 4.98 Å². The van der Waals surface area contributed by atoms with Crippen LogP contribution in [0.15, 0.2) is 6.07 Å². The summed E-state index contributed by atoms with van der Waals surface area (Å²) in [6.45, 7) is 6.24. The zero-order valence-electron chi connectivity index (χ0n) is 11.4. The Hall–Kier alpha value is -0.780. The van der Waals surface area contributed by atoms with Crippen molar-refractivity contribution in [1.82, 2.24) is 9.97 Å². The lowest BCUT2D eigenvalue weighted by atomic mass is 10.1. The van der Waals surface area contributed by atoms with Crippen molar-refractivity contribution < 1.29 is 9.47 Å². The minimum Gasteiger partial charge on any atom is -0.382 e. The molecule has 0 aliphatic heterocycles.